The molecule has 0 saturated heterocycles. The zero-order valence-corrected chi connectivity index (χ0v) is 9.50. The molecular weight excluding hydrogens is 277 g/mol. The largest absolute Gasteiger partial charge is 0.435 e. The zero-order valence-electron chi connectivity index (χ0n) is 9.50. The molecule has 0 amide bonds. The van der Waals surface area contributed by atoms with Crippen molar-refractivity contribution in [2.45, 2.75) is 37.3 Å². The van der Waals surface area contributed by atoms with Gasteiger partial charge in [0.15, 0.2) is 0 Å². The molecule has 0 spiro atoms. The maximum absolute atomic E-state index is 13.9. The number of fused-ring (bicyclic) bond motifs is 1. The van der Waals surface area contributed by atoms with Crippen LogP contribution in [0.4, 0.5) is 30.7 Å². The summed E-state index contributed by atoms with van der Waals surface area (Å²) >= 11 is 0. The molecule has 2 rings (SSSR count). The minimum absolute atomic E-state index is 0.0311. The molecular formula is C12H9F7. The third-order valence-corrected chi connectivity index (χ3v) is 3.30. The van der Waals surface area contributed by atoms with Crippen molar-refractivity contribution in [2.75, 3.05) is 0 Å². The maximum Gasteiger partial charge on any atom is 0.435 e. The van der Waals surface area contributed by atoms with E-state index in [9.17, 15) is 30.7 Å². The molecule has 1 aromatic carbocycles. The fourth-order valence-electron chi connectivity index (χ4n) is 2.41. The van der Waals surface area contributed by atoms with Crippen LogP contribution in [0.5, 0.6) is 0 Å². The highest BCUT2D eigenvalue weighted by Gasteiger charge is 2.74. The van der Waals surface area contributed by atoms with Gasteiger partial charge in [-0.15, -0.1) is 0 Å². The molecule has 0 atom stereocenters. The molecule has 0 nitrogen and oxygen atoms in total. The highest BCUT2D eigenvalue weighted by molar-refractivity contribution is 5.43. The molecule has 19 heavy (non-hydrogen) atoms. The summed E-state index contributed by atoms with van der Waals surface area (Å²) < 4.78 is 89.9. The lowest BCUT2D eigenvalue weighted by atomic mass is 9.88. The smallest absolute Gasteiger partial charge is 0.218 e. The van der Waals surface area contributed by atoms with Crippen LogP contribution in [0, 0.1) is 0 Å². The highest BCUT2D eigenvalue weighted by atomic mass is 19.4. The minimum atomic E-state index is -6.04. The molecule has 0 aliphatic heterocycles. The zero-order chi connectivity index (χ0) is 14.5. The van der Waals surface area contributed by atoms with Crippen molar-refractivity contribution in [3.63, 3.8) is 0 Å². The lowest BCUT2D eigenvalue weighted by Crippen LogP contribution is -2.50. The van der Waals surface area contributed by atoms with Crippen molar-refractivity contribution in [3.05, 3.63) is 34.9 Å². The third-order valence-electron chi connectivity index (χ3n) is 3.30. The Bertz CT molecular complexity index is 470. The van der Waals surface area contributed by atoms with Crippen LogP contribution in [0.3, 0.4) is 0 Å². The topological polar surface area (TPSA) is 0 Å². The van der Waals surface area contributed by atoms with Gasteiger partial charge in [0, 0.05) is 5.56 Å². The number of alkyl halides is 7. The fraction of sp³-hybridized carbons (Fsp3) is 0.500. The number of rotatable bonds is 1. The molecule has 1 aliphatic rings. The minimum Gasteiger partial charge on any atom is -0.218 e. The van der Waals surface area contributed by atoms with E-state index >= 15 is 0 Å². The predicted octanol–water partition coefficient (Wildman–Crippen LogP) is 4.46. The molecule has 106 valence electrons. The van der Waals surface area contributed by atoms with Gasteiger partial charge in [0.25, 0.3) is 0 Å². The Hall–Kier alpha value is -1.27. The third kappa shape index (κ3) is 1.99. The van der Waals surface area contributed by atoms with Crippen LogP contribution in [0.15, 0.2) is 18.2 Å². The number of benzene rings is 1. The first-order valence-electron chi connectivity index (χ1n) is 5.52. The van der Waals surface area contributed by atoms with Crippen molar-refractivity contribution in [3.8, 4) is 0 Å². The summed E-state index contributed by atoms with van der Waals surface area (Å²) in [6, 6.07) is 3.04. The molecule has 0 aromatic heterocycles. The van der Waals surface area contributed by atoms with Crippen molar-refractivity contribution in [2.24, 2.45) is 0 Å². The monoisotopic (exact) mass is 286 g/mol. The van der Waals surface area contributed by atoms with Gasteiger partial charge in [0.1, 0.15) is 0 Å². The van der Waals surface area contributed by atoms with Crippen LogP contribution >= 0.6 is 0 Å². The first-order chi connectivity index (χ1) is 8.59. The summed E-state index contributed by atoms with van der Waals surface area (Å²) in [5.41, 5.74) is -6.44. The van der Waals surface area contributed by atoms with E-state index in [0.29, 0.717) is 24.5 Å². The number of aryl methyl sites for hydroxylation is 1. The summed E-state index contributed by atoms with van der Waals surface area (Å²) in [5, 5.41) is 0. The van der Waals surface area contributed by atoms with E-state index in [4.69, 9.17) is 0 Å². The van der Waals surface area contributed by atoms with Gasteiger partial charge >= 0.3 is 18.0 Å². The normalized spacial score (nSPS) is 16.6. The Kier molecular flexibility index (Phi) is 3.06. The predicted molar refractivity (Wildman–Crippen MR) is 53.4 cm³/mol. The molecule has 0 unspecified atom stereocenters. The Balaban J connectivity index is 2.68. The van der Waals surface area contributed by atoms with E-state index in [-0.39, 0.29) is 12.0 Å². The Morgan fingerprint density at radius 3 is 1.89 bits per heavy atom. The van der Waals surface area contributed by atoms with Crippen molar-refractivity contribution in [1.82, 2.24) is 0 Å². The summed E-state index contributed by atoms with van der Waals surface area (Å²) in [7, 11) is 0. The average molecular weight is 286 g/mol. The molecule has 0 N–H and O–H groups in total. The molecule has 0 saturated carbocycles. The van der Waals surface area contributed by atoms with Gasteiger partial charge in [0.05, 0.1) is 0 Å². The van der Waals surface area contributed by atoms with Gasteiger partial charge in [-0.3, -0.25) is 0 Å². The molecule has 0 bridgehead atoms. The van der Waals surface area contributed by atoms with Crippen LogP contribution in [0.1, 0.15) is 23.1 Å². The molecule has 0 radical (unpaired) electrons. The molecule has 1 aliphatic carbocycles. The van der Waals surface area contributed by atoms with E-state index in [2.05, 4.69) is 0 Å². The van der Waals surface area contributed by atoms with Gasteiger partial charge in [0.2, 0.25) is 0 Å². The van der Waals surface area contributed by atoms with Gasteiger partial charge < -0.3 is 0 Å². The van der Waals surface area contributed by atoms with Crippen LogP contribution in [0.2, 0.25) is 0 Å². The fourth-order valence-corrected chi connectivity index (χ4v) is 2.41. The van der Waals surface area contributed by atoms with Crippen LogP contribution in [0.25, 0.3) is 0 Å². The average Bonchev–Trinajstić information content (AvgIpc) is 2.72. The van der Waals surface area contributed by atoms with Gasteiger partial charge in [-0.1, -0.05) is 18.2 Å². The SMILES string of the molecule is FC(F)(F)C(F)(c1cccc2c1CCC2)C(F)(F)F. The first kappa shape index (κ1) is 14.1. The number of hydrogen-bond acceptors (Lipinski definition) is 0. The van der Waals surface area contributed by atoms with E-state index in [0.717, 1.165) is 6.07 Å². The second kappa shape index (κ2) is 4.11. The van der Waals surface area contributed by atoms with E-state index in [1.807, 2.05) is 0 Å². The summed E-state index contributed by atoms with van der Waals surface area (Å²) in [5.74, 6) is 0. The van der Waals surface area contributed by atoms with Crippen molar-refractivity contribution >= 4 is 0 Å². The number of hydrogen-bond donors (Lipinski definition) is 0. The maximum atomic E-state index is 13.9. The summed E-state index contributed by atoms with van der Waals surface area (Å²) in [6.45, 7) is 0. The number of halogens is 7. The molecule has 0 fully saturated rings. The lowest BCUT2D eigenvalue weighted by Gasteiger charge is -2.31. The quantitative estimate of drug-likeness (QED) is 0.668. The summed E-state index contributed by atoms with van der Waals surface area (Å²) in [6.07, 6.45) is -11.2. The van der Waals surface area contributed by atoms with Gasteiger partial charge in [-0.25, -0.2) is 4.39 Å². The second-order valence-electron chi connectivity index (χ2n) is 4.45. The van der Waals surface area contributed by atoms with E-state index < -0.39 is 23.6 Å². The Labute approximate surface area is 104 Å². The van der Waals surface area contributed by atoms with Crippen LogP contribution in [-0.2, 0) is 18.5 Å². The second-order valence-corrected chi connectivity index (χ2v) is 4.45. The molecule has 0 heterocycles. The van der Waals surface area contributed by atoms with E-state index in [1.54, 1.807) is 0 Å². The standard InChI is InChI=1S/C12H9F7/c13-10(11(14,15)16,12(17,18)19)9-6-2-4-7-3-1-5-8(7)9/h2,4,6H,1,3,5H2. The Morgan fingerprint density at radius 2 is 1.37 bits per heavy atom. The molecule has 7 heteroatoms. The van der Waals surface area contributed by atoms with Crippen molar-refractivity contribution < 1.29 is 30.7 Å². The lowest BCUT2D eigenvalue weighted by molar-refractivity contribution is -0.348. The molecule has 1 aromatic rings. The van der Waals surface area contributed by atoms with Crippen LogP contribution < -0.4 is 0 Å². The first-order valence-corrected chi connectivity index (χ1v) is 5.52. The van der Waals surface area contributed by atoms with Gasteiger partial charge in [-0.2, -0.15) is 26.3 Å². The van der Waals surface area contributed by atoms with Gasteiger partial charge in [-0.05, 0) is 30.4 Å². The van der Waals surface area contributed by atoms with Crippen molar-refractivity contribution in [1.29, 1.82) is 0 Å². The summed E-state index contributed by atoms with van der Waals surface area (Å²) in [4.78, 5) is 0. The Morgan fingerprint density at radius 1 is 0.789 bits per heavy atom. The van der Waals surface area contributed by atoms with E-state index in [1.165, 1.54) is 6.07 Å². The van der Waals surface area contributed by atoms with Crippen LogP contribution in [-0.4, -0.2) is 12.4 Å². The highest BCUT2D eigenvalue weighted by Crippen LogP contribution is 2.54.